The largest absolute Gasteiger partial charge is 0.482 e. The number of ether oxygens (including phenoxy) is 1. The number of hydrogen-bond donors (Lipinski definition) is 1. The van der Waals surface area contributed by atoms with Gasteiger partial charge in [-0.25, -0.2) is 8.42 Å². The molecule has 0 aliphatic carbocycles. The number of alkyl halides is 3. The summed E-state index contributed by atoms with van der Waals surface area (Å²) in [6.45, 7) is -0.645. The van der Waals surface area contributed by atoms with E-state index in [9.17, 15) is 26.4 Å². The molecule has 21 heavy (non-hydrogen) atoms. The van der Waals surface area contributed by atoms with E-state index in [1.165, 1.54) is 18.2 Å². The minimum Gasteiger partial charge on any atom is -0.482 e. The van der Waals surface area contributed by atoms with Gasteiger partial charge in [-0.1, -0.05) is 6.07 Å². The van der Waals surface area contributed by atoms with Gasteiger partial charge in [-0.05, 0) is 24.6 Å². The van der Waals surface area contributed by atoms with E-state index in [4.69, 9.17) is 15.4 Å². The Hall–Kier alpha value is -1.48. The molecule has 118 valence electrons. The molecule has 0 aliphatic heterocycles. The van der Waals surface area contributed by atoms with Crippen molar-refractivity contribution in [2.75, 3.05) is 13.2 Å². The van der Waals surface area contributed by atoms with Gasteiger partial charge in [0.1, 0.15) is 17.2 Å². The molecular formula is C11H11ClF3NO4S. The number of aryl methyl sites for hydroxylation is 1. The number of halogens is 4. The monoisotopic (exact) mass is 345 g/mol. The van der Waals surface area contributed by atoms with Gasteiger partial charge >= 0.3 is 6.18 Å². The Kier molecular flexibility index (Phi) is 5.46. The molecular weight excluding hydrogens is 335 g/mol. The van der Waals surface area contributed by atoms with Crippen molar-refractivity contribution in [3.05, 3.63) is 23.8 Å². The van der Waals surface area contributed by atoms with Gasteiger partial charge in [-0.2, -0.15) is 13.2 Å². The molecule has 1 rings (SSSR count). The second-order valence-electron chi connectivity index (χ2n) is 4.07. The van der Waals surface area contributed by atoms with Crippen molar-refractivity contribution in [3.63, 3.8) is 0 Å². The molecule has 0 aliphatic rings. The molecule has 1 amide bonds. The van der Waals surface area contributed by atoms with E-state index in [1.807, 2.05) is 0 Å². The Morgan fingerprint density at radius 2 is 2.00 bits per heavy atom. The first-order valence-corrected chi connectivity index (χ1v) is 7.81. The molecule has 0 fully saturated rings. The van der Waals surface area contributed by atoms with Gasteiger partial charge in [-0.15, -0.1) is 0 Å². The fourth-order valence-electron chi connectivity index (χ4n) is 1.32. The lowest BCUT2D eigenvalue weighted by molar-refractivity contribution is -0.139. The summed E-state index contributed by atoms with van der Waals surface area (Å²) in [6, 6.07) is 4.00. The molecule has 0 radical (unpaired) electrons. The Balaban J connectivity index is 2.74. The van der Waals surface area contributed by atoms with Gasteiger partial charge in [0.25, 0.3) is 15.0 Å². The third-order valence-corrected chi connectivity index (χ3v) is 3.55. The number of benzene rings is 1. The van der Waals surface area contributed by atoms with E-state index >= 15 is 0 Å². The Bertz CT molecular complexity index is 631. The third kappa shape index (κ3) is 6.21. The van der Waals surface area contributed by atoms with E-state index in [0.717, 1.165) is 0 Å². The molecule has 0 bridgehead atoms. The number of carbonyl (C=O) groups excluding carboxylic acids is 1. The van der Waals surface area contributed by atoms with E-state index < -0.39 is 34.3 Å². The maximum absolute atomic E-state index is 11.9. The number of amides is 1. The first-order valence-electron chi connectivity index (χ1n) is 5.50. The lowest BCUT2D eigenvalue weighted by Crippen LogP contribution is -2.36. The van der Waals surface area contributed by atoms with Crippen molar-refractivity contribution in [1.82, 2.24) is 5.32 Å². The zero-order valence-electron chi connectivity index (χ0n) is 10.7. The van der Waals surface area contributed by atoms with Crippen LogP contribution in [0.5, 0.6) is 5.75 Å². The molecule has 1 aromatic rings. The number of hydrogen-bond acceptors (Lipinski definition) is 4. The van der Waals surface area contributed by atoms with Crippen LogP contribution in [0.4, 0.5) is 13.2 Å². The fourth-order valence-corrected chi connectivity index (χ4v) is 2.37. The molecule has 0 aromatic heterocycles. The molecule has 0 saturated carbocycles. The molecule has 0 saturated heterocycles. The second-order valence-corrected chi connectivity index (χ2v) is 6.60. The summed E-state index contributed by atoms with van der Waals surface area (Å²) in [4.78, 5) is 10.8. The van der Waals surface area contributed by atoms with Crippen molar-refractivity contribution >= 4 is 25.6 Å². The van der Waals surface area contributed by atoms with Gasteiger partial charge in [0.15, 0.2) is 6.61 Å². The predicted octanol–water partition coefficient (Wildman–Crippen LogP) is 1.98. The van der Waals surface area contributed by atoms with Crippen LogP contribution in [-0.2, 0) is 13.8 Å². The first-order chi connectivity index (χ1) is 9.49. The van der Waals surface area contributed by atoms with Gasteiger partial charge in [-0.3, -0.25) is 4.79 Å². The van der Waals surface area contributed by atoms with Crippen LogP contribution >= 0.6 is 10.7 Å². The van der Waals surface area contributed by atoms with Crippen LogP contribution in [0.1, 0.15) is 5.56 Å². The molecule has 5 nitrogen and oxygen atoms in total. The lowest BCUT2D eigenvalue weighted by Gasteiger charge is -2.11. The Labute approximate surface area is 123 Å². The van der Waals surface area contributed by atoms with Crippen molar-refractivity contribution in [3.8, 4) is 5.75 Å². The zero-order valence-corrected chi connectivity index (χ0v) is 12.3. The zero-order chi connectivity index (χ0) is 16.3. The van der Waals surface area contributed by atoms with Crippen molar-refractivity contribution in [2.45, 2.75) is 18.0 Å². The molecule has 0 spiro atoms. The minimum absolute atomic E-state index is 0.210. The van der Waals surface area contributed by atoms with Crippen molar-refractivity contribution in [2.24, 2.45) is 0 Å². The maximum atomic E-state index is 11.9. The van der Waals surface area contributed by atoms with Gasteiger partial charge < -0.3 is 10.1 Å². The topological polar surface area (TPSA) is 72.5 Å². The molecule has 0 unspecified atom stereocenters. The number of carbonyl (C=O) groups is 1. The highest BCUT2D eigenvalue weighted by molar-refractivity contribution is 8.13. The van der Waals surface area contributed by atoms with Crippen LogP contribution in [0.3, 0.4) is 0 Å². The molecule has 1 N–H and O–H groups in total. The average molecular weight is 346 g/mol. The Morgan fingerprint density at radius 3 is 2.52 bits per heavy atom. The normalized spacial score (nSPS) is 12.0. The van der Waals surface area contributed by atoms with Crippen LogP contribution in [0.15, 0.2) is 23.1 Å². The third-order valence-electron chi connectivity index (χ3n) is 2.21. The van der Waals surface area contributed by atoms with Crippen LogP contribution in [0.2, 0.25) is 0 Å². The van der Waals surface area contributed by atoms with E-state index in [1.54, 1.807) is 12.2 Å². The second kappa shape index (κ2) is 6.52. The van der Waals surface area contributed by atoms with Crippen LogP contribution in [-0.4, -0.2) is 33.7 Å². The number of rotatable bonds is 5. The lowest BCUT2D eigenvalue weighted by atomic mass is 10.2. The van der Waals surface area contributed by atoms with Gasteiger partial charge in [0.05, 0.1) is 0 Å². The standard InChI is InChI=1S/C11H11ClF3NO4S/c1-7-2-3-8(9(4-7)21(12,18)19)20-5-10(17)16-6-11(13,14)15/h2-4H,5-6H2,1H3,(H,16,17). The summed E-state index contributed by atoms with van der Waals surface area (Å²) in [5, 5.41) is 1.59. The van der Waals surface area contributed by atoms with E-state index in [0.29, 0.717) is 5.56 Å². The van der Waals surface area contributed by atoms with Crippen molar-refractivity contribution in [1.29, 1.82) is 0 Å². The molecule has 0 heterocycles. The average Bonchev–Trinajstić information content (AvgIpc) is 2.32. The Morgan fingerprint density at radius 1 is 1.38 bits per heavy atom. The van der Waals surface area contributed by atoms with E-state index in [-0.39, 0.29) is 10.6 Å². The summed E-state index contributed by atoms with van der Waals surface area (Å²) in [5.41, 5.74) is 0.586. The summed E-state index contributed by atoms with van der Waals surface area (Å²) in [6.07, 6.45) is -4.54. The minimum atomic E-state index is -4.54. The smallest absolute Gasteiger partial charge is 0.405 e. The van der Waals surface area contributed by atoms with Gasteiger partial charge in [0.2, 0.25) is 0 Å². The molecule has 1 aromatic carbocycles. The van der Waals surface area contributed by atoms with Gasteiger partial charge in [0, 0.05) is 10.7 Å². The predicted molar refractivity (Wildman–Crippen MR) is 68.8 cm³/mol. The highest BCUT2D eigenvalue weighted by Gasteiger charge is 2.27. The highest BCUT2D eigenvalue weighted by atomic mass is 35.7. The van der Waals surface area contributed by atoms with E-state index in [2.05, 4.69) is 0 Å². The molecule has 10 heteroatoms. The van der Waals surface area contributed by atoms with Crippen LogP contribution in [0.25, 0.3) is 0 Å². The van der Waals surface area contributed by atoms with Crippen molar-refractivity contribution < 1.29 is 31.1 Å². The summed E-state index contributed by atoms with van der Waals surface area (Å²) in [5.74, 6) is -1.25. The first kappa shape index (κ1) is 17.6. The van der Waals surface area contributed by atoms with Crippen LogP contribution < -0.4 is 10.1 Å². The summed E-state index contributed by atoms with van der Waals surface area (Å²) < 4.78 is 63.3. The molecule has 0 atom stereocenters. The quantitative estimate of drug-likeness (QED) is 0.828. The number of nitrogens with one attached hydrogen (secondary N) is 1. The SMILES string of the molecule is Cc1ccc(OCC(=O)NCC(F)(F)F)c(S(=O)(=O)Cl)c1. The maximum Gasteiger partial charge on any atom is 0.405 e. The fraction of sp³-hybridized carbons (Fsp3) is 0.364. The summed E-state index contributed by atoms with van der Waals surface area (Å²) >= 11 is 0. The summed E-state index contributed by atoms with van der Waals surface area (Å²) in [7, 11) is 1.11. The van der Waals surface area contributed by atoms with Crippen LogP contribution in [0, 0.1) is 6.92 Å². The highest BCUT2D eigenvalue weighted by Crippen LogP contribution is 2.27.